The largest absolute Gasteiger partial charge is 0.393 e. The molecule has 0 aromatic carbocycles. The summed E-state index contributed by atoms with van der Waals surface area (Å²) in [7, 11) is 0. The van der Waals surface area contributed by atoms with Crippen molar-refractivity contribution in [2.24, 2.45) is 40.4 Å². The lowest BCUT2D eigenvalue weighted by Crippen LogP contribution is -2.56. The summed E-state index contributed by atoms with van der Waals surface area (Å²) in [6.07, 6.45) is 9.23. The molecule has 6 aliphatic rings. The lowest BCUT2D eigenvalue weighted by molar-refractivity contribution is -0.262. The van der Waals surface area contributed by atoms with E-state index in [2.05, 4.69) is 26.8 Å². The Morgan fingerprint density at radius 3 is 2.56 bits per heavy atom. The Morgan fingerprint density at radius 2 is 1.84 bits per heavy atom. The first-order valence-electron chi connectivity index (χ1n) is 13.1. The molecule has 0 amide bonds. The maximum Gasteiger partial charge on any atom is 0.172 e. The van der Waals surface area contributed by atoms with Crippen LogP contribution in [0.25, 0.3) is 0 Å². The third-order valence-corrected chi connectivity index (χ3v) is 11.6. The second-order valence-corrected chi connectivity index (χ2v) is 13.0. The van der Waals surface area contributed by atoms with Crippen molar-refractivity contribution in [3.05, 3.63) is 11.6 Å². The normalized spacial score (nSPS) is 61.2. The molecule has 5 heteroatoms. The second-order valence-electron chi connectivity index (χ2n) is 13.0. The van der Waals surface area contributed by atoms with E-state index in [1.165, 1.54) is 12.0 Å². The molecule has 12 unspecified atom stereocenters. The third-order valence-electron chi connectivity index (χ3n) is 11.6. The molecule has 5 nitrogen and oxygen atoms in total. The molecule has 3 saturated carbocycles. The van der Waals surface area contributed by atoms with Crippen molar-refractivity contribution in [2.75, 3.05) is 6.61 Å². The molecule has 0 bridgehead atoms. The van der Waals surface area contributed by atoms with Crippen molar-refractivity contribution in [2.45, 2.75) is 109 Å². The van der Waals surface area contributed by atoms with Crippen LogP contribution >= 0.6 is 0 Å². The third kappa shape index (κ3) is 2.64. The SMILES string of the molecule is CC1C2C(CC3C4CC=C5CC(O)CC(O)C5(C)C4CCC32C)OC12CCC(C)(CO)O2. The number of allylic oxidation sites excluding steroid dienone is 1. The molecular formula is C27H42O5. The van der Waals surface area contributed by atoms with Gasteiger partial charge >= 0.3 is 0 Å². The topological polar surface area (TPSA) is 79.2 Å². The summed E-state index contributed by atoms with van der Waals surface area (Å²) in [5.41, 5.74) is 0.868. The molecule has 2 saturated heterocycles. The standard InChI is InChI=1S/C27H42O5/c1-15-23-21(31-27(15)10-9-24(2,14-28)32-27)13-20-18-6-5-16-11-17(29)12-22(30)26(16,4)19(18)7-8-25(20,23)3/h5,15,17-23,28-30H,6-14H2,1-4H3. The summed E-state index contributed by atoms with van der Waals surface area (Å²) >= 11 is 0. The number of hydrogen-bond donors (Lipinski definition) is 3. The Bertz CT molecular complexity index is 827. The van der Waals surface area contributed by atoms with Crippen molar-refractivity contribution in [1.29, 1.82) is 0 Å². The molecule has 5 fully saturated rings. The fraction of sp³-hybridized carbons (Fsp3) is 0.926. The van der Waals surface area contributed by atoms with E-state index in [9.17, 15) is 15.3 Å². The lowest BCUT2D eigenvalue weighted by Gasteiger charge is -2.59. The molecule has 0 aromatic rings. The highest BCUT2D eigenvalue weighted by atomic mass is 16.7. The number of rotatable bonds is 1. The van der Waals surface area contributed by atoms with Crippen LogP contribution in [0, 0.1) is 40.4 Å². The minimum absolute atomic E-state index is 0.0497. The highest BCUT2D eigenvalue weighted by molar-refractivity contribution is 5.28. The Labute approximate surface area is 192 Å². The Balaban J connectivity index is 1.29. The minimum Gasteiger partial charge on any atom is -0.393 e. The fourth-order valence-electron chi connectivity index (χ4n) is 9.85. The predicted octanol–water partition coefficient (Wildman–Crippen LogP) is 3.80. The van der Waals surface area contributed by atoms with Crippen molar-refractivity contribution in [1.82, 2.24) is 0 Å². The van der Waals surface area contributed by atoms with Gasteiger partial charge in [-0.2, -0.15) is 0 Å². The molecule has 6 rings (SSSR count). The molecule has 1 spiro atoms. The van der Waals surface area contributed by atoms with Gasteiger partial charge in [0.05, 0.1) is 30.5 Å². The van der Waals surface area contributed by atoms with Crippen LogP contribution in [0.4, 0.5) is 0 Å². The van der Waals surface area contributed by atoms with Crippen LogP contribution < -0.4 is 0 Å². The summed E-state index contributed by atoms with van der Waals surface area (Å²) < 4.78 is 13.3. The highest BCUT2D eigenvalue weighted by Crippen LogP contribution is 2.71. The zero-order valence-corrected chi connectivity index (χ0v) is 20.2. The maximum atomic E-state index is 11.1. The molecule has 0 radical (unpaired) electrons. The van der Waals surface area contributed by atoms with Gasteiger partial charge in [-0.05, 0) is 74.5 Å². The van der Waals surface area contributed by atoms with E-state index in [-0.39, 0.29) is 23.5 Å². The second kappa shape index (κ2) is 6.81. The predicted molar refractivity (Wildman–Crippen MR) is 121 cm³/mol. The number of aliphatic hydroxyl groups is 3. The van der Waals surface area contributed by atoms with Crippen LogP contribution in [-0.4, -0.2) is 51.6 Å². The molecular weight excluding hydrogens is 404 g/mol. The van der Waals surface area contributed by atoms with Gasteiger partial charge in [-0.25, -0.2) is 0 Å². The van der Waals surface area contributed by atoms with Crippen LogP contribution in [0.15, 0.2) is 11.6 Å². The van der Waals surface area contributed by atoms with Gasteiger partial charge in [0.1, 0.15) is 0 Å². The van der Waals surface area contributed by atoms with Crippen molar-refractivity contribution in [3.63, 3.8) is 0 Å². The van der Waals surface area contributed by atoms with E-state index in [4.69, 9.17) is 9.47 Å². The first-order valence-corrected chi connectivity index (χ1v) is 13.1. The molecule has 4 aliphatic carbocycles. The van der Waals surface area contributed by atoms with Crippen LogP contribution in [0.1, 0.15) is 79.1 Å². The van der Waals surface area contributed by atoms with E-state index in [1.54, 1.807) is 0 Å². The van der Waals surface area contributed by atoms with Crippen LogP contribution in [0.2, 0.25) is 0 Å². The maximum absolute atomic E-state index is 11.1. The number of aliphatic hydroxyl groups excluding tert-OH is 3. The fourth-order valence-corrected chi connectivity index (χ4v) is 9.85. The Hall–Kier alpha value is -0.460. The first-order chi connectivity index (χ1) is 15.1. The smallest absolute Gasteiger partial charge is 0.172 e. The van der Waals surface area contributed by atoms with Crippen LogP contribution in [-0.2, 0) is 9.47 Å². The zero-order chi connectivity index (χ0) is 22.7. The average molecular weight is 447 g/mol. The highest BCUT2D eigenvalue weighted by Gasteiger charge is 2.70. The van der Waals surface area contributed by atoms with E-state index >= 15 is 0 Å². The van der Waals surface area contributed by atoms with Gasteiger partial charge in [-0.15, -0.1) is 0 Å². The molecule has 2 aliphatic heterocycles. The molecule has 0 aromatic heterocycles. The van der Waals surface area contributed by atoms with Gasteiger partial charge < -0.3 is 24.8 Å². The van der Waals surface area contributed by atoms with Crippen molar-refractivity contribution < 1.29 is 24.8 Å². The summed E-state index contributed by atoms with van der Waals surface area (Å²) in [5.74, 6) is 1.97. The molecule has 3 N–H and O–H groups in total. The van der Waals surface area contributed by atoms with Crippen molar-refractivity contribution in [3.8, 4) is 0 Å². The van der Waals surface area contributed by atoms with Gasteiger partial charge in [0.2, 0.25) is 0 Å². The zero-order valence-electron chi connectivity index (χ0n) is 20.2. The van der Waals surface area contributed by atoms with Crippen LogP contribution in [0.3, 0.4) is 0 Å². The van der Waals surface area contributed by atoms with Crippen molar-refractivity contribution >= 4 is 0 Å². The number of ether oxygens (including phenoxy) is 2. The molecule has 2 heterocycles. The number of fused-ring (bicyclic) bond motifs is 7. The number of hydrogen-bond acceptors (Lipinski definition) is 5. The van der Waals surface area contributed by atoms with Gasteiger partial charge in [0.15, 0.2) is 5.79 Å². The van der Waals surface area contributed by atoms with E-state index in [1.807, 2.05) is 6.92 Å². The molecule has 32 heavy (non-hydrogen) atoms. The Kier molecular flexibility index (Phi) is 4.69. The Morgan fingerprint density at radius 1 is 1.06 bits per heavy atom. The monoisotopic (exact) mass is 446 g/mol. The summed E-state index contributed by atoms with van der Waals surface area (Å²) in [4.78, 5) is 0. The van der Waals surface area contributed by atoms with Gasteiger partial charge in [-0.3, -0.25) is 0 Å². The lowest BCUT2D eigenvalue weighted by atomic mass is 9.46. The average Bonchev–Trinajstić information content (AvgIpc) is 3.33. The van der Waals surface area contributed by atoms with E-state index < -0.39 is 23.6 Å². The minimum atomic E-state index is -0.529. The molecule has 12 atom stereocenters. The first kappa shape index (κ1) is 22.0. The van der Waals surface area contributed by atoms with Gasteiger partial charge in [-0.1, -0.05) is 32.4 Å². The summed E-state index contributed by atoms with van der Waals surface area (Å²) in [6, 6.07) is 0. The van der Waals surface area contributed by atoms with Gasteiger partial charge in [0.25, 0.3) is 0 Å². The molecule has 180 valence electrons. The van der Waals surface area contributed by atoms with Gasteiger partial charge in [0, 0.05) is 24.2 Å². The van der Waals surface area contributed by atoms with E-state index in [0.29, 0.717) is 36.0 Å². The van der Waals surface area contributed by atoms with E-state index in [0.717, 1.165) is 38.5 Å². The van der Waals surface area contributed by atoms with Crippen LogP contribution in [0.5, 0.6) is 0 Å². The summed E-state index contributed by atoms with van der Waals surface area (Å²) in [5, 5.41) is 31.3. The summed E-state index contributed by atoms with van der Waals surface area (Å²) in [6.45, 7) is 9.19. The quantitative estimate of drug-likeness (QED) is 0.534.